The fourth-order valence-corrected chi connectivity index (χ4v) is 6.33. The largest absolute Gasteiger partial charge is 0.491 e. The zero-order valence-corrected chi connectivity index (χ0v) is 26.7. The summed E-state index contributed by atoms with van der Waals surface area (Å²) in [6.07, 6.45) is 4.88. The molecule has 2 N–H and O–H groups in total. The number of ether oxygens (including phenoxy) is 2. The average molecular weight is 575 g/mol. The van der Waals surface area contributed by atoms with Gasteiger partial charge in [-0.1, -0.05) is 12.1 Å². The molecule has 0 saturated heterocycles. The molecule has 4 rings (SSSR count). The number of hydrogen-bond donors (Lipinski definition) is 2. The van der Waals surface area contributed by atoms with Crippen LogP contribution in [0.15, 0.2) is 47.3 Å². The van der Waals surface area contributed by atoms with E-state index < -0.39 is 0 Å². The van der Waals surface area contributed by atoms with Crippen LogP contribution >= 0.6 is 0 Å². The van der Waals surface area contributed by atoms with Gasteiger partial charge < -0.3 is 29.6 Å². The quantitative estimate of drug-likeness (QED) is 0.245. The number of benzene rings is 2. The second-order valence-corrected chi connectivity index (χ2v) is 11.9. The zero-order valence-electron chi connectivity index (χ0n) is 26.7. The van der Waals surface area contributed by atoms with Gasteiger partial charge in [0.25, 0.3) is 5.56 Å². The van der Waals surface area contributed by atoms with Crippen LogP contribution in [0.1, 0.15) is 60.6 Å². The molecule has 0 bridgehead atoms. The molecule has 1 aromatic heterocycles. The Morgan fingerprint density at radius 1 is 0.905 bits per heavy atom. The van der Waals surface area contributed by atoms with Gasteiger partial charge in [0.15, 0.2) is 0 Å². The topological polar surface area (TPSA) is 69.8 Å². The van der Waals surface area contributed by atoms with E-state index in [0.29, 0.717) is 38.4 Å². The van der Waals surface area contributed by atoms with E-state index in [-0.39, 0.29) is 5.56 Å². The summed E-state index contributed by atoms with van der Waals surface area (Å²) < 4.78 is 10.9. The lowest BCUT2D eigenvalue weighted by Crippen LogP contribution is -2.42. The summed E-state index contributed by atoms with van der Waals surface area (Å²) in [6, 6.07) is 16.3. The van der Waals surface area contributed by atoms with Crippen LogP contribution < -0.4 is 20.5 Å². The van der Waals surface area contributed by atoms with E-state index in [1.165, 1.54) is 48.1 Å². The van der Waals surface area contributed by atoms with Gasteiger partial charge >= 0.3 is 0 Å². The van der Waals surface area contributed by atoms with E-state index in [1.54, 1.807) is 7.11 Å². The lowest BCUT2D eigenvalue weighted by molar-refractivity contribution is 0.146. The Hall–Kier alpha value is -3.13. The number of anilines is 1. The van der Waals surface area contributed by atoms with E-state index in [9.17, 15) is 4.79 Å². The predicted octanol–water partition coefficient (Wildman–Crippen LogP) is 5.98. The maximum Gasteiger partial charge on any atom is 0.252 e. The molecule has 0 radical (unpaired) electrons. The van der Waals surface area contributed by atoms with Crippen LogP contribution in [-0.2, 0) is 17.8 Å². The molecule has 7 nitrogen and oxygen atoms in total. The monoisotopic (exact) mass is 574 g/mol. The average Bonchev–Trinajstić information content (AvgIpc) is 2.97. The highest BCUT2D eigenvalue weighted by Gasteiger charge is 2.27. The van der Waals surface area contributed by atoms with Crippen molar-refractivity contribution in [2.24, 2.45) is 0 Å². The fraction of sp³-hybridized carbons (Fsp3) is 0.514. The first-order valence-electron chi connectivity index (χ1n) is 15.4. The summed E-state index contributed by atoms with van der Waals surface area (Å²) in [5.74, 6) is 0.844. The Balaban J connectivity index is 1.63. The Bertz CT molecular complexity index is 1360. The minimum atomic E-state index is -0.00976. The van der Waals surface area contributed by atoms with E-state index in [1.807, 2.05) is 32.0 Å². The molecule has 42 heavy (non-hydrogen) atoms. The van der Waals surface area contributed by atoms with Crippen LogP contribution in [0, 0.1) is 20.8 Å². The molecule has 0 aliphatic heterocycles. The molecule has 0 atom stereocenters. The summed E-state index contributed by atoms with van der Waals surface area (Å²) in [4.78, 5) is 20.6. The summed E-state index contributed by atoms with van der Waals surface area (Å²) in [5.41, 5.74) is 8.93. The number of nitrogens with zero attached hydrogens (tertiary/aromatic N) is 2. The highest BCUT2D eigenvalue weighted by Crippen LogP contribution is 2.36. The summed E-state index contributed by atoms with van der Waals surface area (Å²) in [7, 11) is 6.09. The molecule has 7 heteroatoms. The Morgan fingerprint density at radius 2 is 1.60 bits per heavy atom. The van der Waals surface area contributed by atoms with Crippen LogP contribution in [0.4, 0.5) is 5.69 Å². The number of methoxy groups -OCH3 is 1. The maximum atomic E-state index is 12.6. The van der Waals surface area contributed by atoms with Crippen LogP contribution in [0.5, 0.6) is 5.75 Å². The van der Waals surface area contributed by atoms with Crippen LogP contribution in [0.2, 0.25) is 0 Å². The summed E-state index contributed by atoms with van der Waals surface area (Å²) >= 11 is 0. The lowest BCUT2D eigenvalue weighted by Gasteiger charge is -2.40. The van der Waals surface area contributed by atoms with E-state index in [0.717, 1.165) is 34.7 Å². The van der Waals surface area contributed by atoms with Gasteiger partial charge in [0.2, 0.25) is 0 Å². The normalized spacial score (nSPS) is 17.0. The van der Waals surface area contributed by atoms with Crippen molar-refractivity contribution in [3.63, 3.8) is 0 Å². The van der Waals surface area contributed by atoms with E-state index in [2.05, 4.69) is 72.3 Å². The van der Waals surface area contributed by atoms with Crippen LogP contribution in [0.3, 0.4) is 0 Å². The maximum absolute atomic E-state index is 12.6. The molecule has 1 aliphatic rings. The van der Waals surface area contributed by atoms with Gasteiger partial charge in [0.05, 0.1) is 6.61 Å². The van der Waals surface area contributed by atoms with Crippen LogP contribution in [-0.4, -0.2) is 62.9 Å². The minimum absolute atomic E-state index is 0.00976. The third-order valence-corrected chi connectivity index (χ3v) is 8.83. The van der Waals surface area contributed by atoms with E-state index >= 15 is 0 Å². The van der Waals surface area contributed by atoms with Crippen molar-refractivity contribution in [2.75, 3.05) is 45.9 Å². The van der Waals surface area contributed by atoms with E-state index in [4.69, 9.17) is 9.47 Å². The number of nitrogens with one attached hydrogen (secondary N) is 2. The van der Waals surface area contributed by atoms with Gasteiger partial charge in [0.1, 0.15) is 12.4 Å². The van der Waals surface area contributed by atoms with Crippen molar-refractivity contribution in [1.82, 2.24) is 15.2 Å². The van der Waals surface area contributed by atoms with Gasteiger partial charge in [-0.2, -0.15) is 0 Å². The zero-order chi connectivity index (χ0) is 30.2. The first-order valence-corrected chi connectivity index (χ1v) is 15.4. The molecule has 1 saturated carbocycles. The first-order chi connectivity index (χ1) is 20.2. The van der Waals surface area contributed by atoms with Crippen molar-refractivity contribution in [1.29, 1.82) is 0 Å². The molecule has 0 amide bonds. The first kappa shape index (κ1) is 31.8. The Morgan fingerprint density at radius 3 is 2.21 bits per heavy atom. The van der Waals surface area contributed by atoms with Gasteiger partial charge in [-0.3, -0.25) is 4.79 Å². The predicted molar refractivity (Wildman–Crippen MR) is 174 cm³/mol. The second-order valence-electron chi connectivity index (χ2n) is 11.9. The highest BCUT2D eigenvalue weighted by atomic mass is 16.5. The number of aromatic amines is 1. The number of pyridine rings is 1. The molecule has 1 aliphatic carbocycles. The molecule has 1 heterocycles. The van der Waals surface area contributed by atoms with Crippen molar-refractivity contribution in [3.8, 4) is 16.9 Å². The second kappa shape index (κ2) is 14.9. The SMILES string of the molecule is CCN(c1cc(-c2ccc(OCCOC)cc2)cc(CNCc2c(C)cc(C)[nH]c2=O)c1C)C1CCC(N(C)C)CC1. The van der Waals surface area contributed by atoms with Crippen molar-refractivity contribution >= 4 is 5.69 Å². The Labute approximate surface area is 252 Å². The molecule has 0 spiro atoms. The molecule has 3 aromatic rings. The highest BCUT2D eigenvalue weighted by molar-refractivity contribution is 5.73. The van der Waals surface area contributed by atoms with Crippen molar-refractivity contribution in [2.45, 2.75) is 78.6 Å². The Kier molecular flexibility index (Phi) is 11.2. The molecule has 2 aromatic carbocycles. The number of aromatic nitrogens is 1. The van der Waals surface area contributed by atoms with Crippen LogP contribution in [0.25, 0.3) is 11.1 Å². The minimum Gasteiger partial charge on any atom is -0.491 e. The molecule has 228 valence electrons. The lowest BCUT2D eigenvalue weighted by atomic mass is 9.88. The van der Waals surface area contributed by atoms with Crippen molar-refractivity contribution in [3.05, 3.63) is 80.8 Å². The smallest absolute Gasteiger partial charge is 0.252 e. The summed E-state index contributed by atoms with van der Waals surface area (Å²) in [6.45, 7) is 11.7. The summed E-state index contributed by atoms with van der Waals surface area (Å²) in [5, 5.41) is 3.58. The molecule has 0 unspecified atom stereocenters. The third kappa shape index (κ3) is 7.82. The van der Waals surface area contributed by atoms with Crippen molar-refractivity contribution < 1.29 is 9.47 Å². The number of H-pyrrole nitrogens is 1. The number of hydrogen-bond acceptors (Lipinski definition) is 6. The number of rotatable bonds is 13. The molecular formula is C35H50N4O3. The fourth-order valence-electron chi connectivity index (χ4n) is 6.33. The van der Waals surface area contributed by atoms with Gasteiger partial charge in [-0.05, 0) is 126 Å². The van der Waals surface area contributed by atoms with Gasteiger partial charge in [0, 0.05) is 55.8 Å². The standard InChI is InChI=1S/C35H50N4O3/c1-8-39(31-13-11-30(12-14-31)38(5)6)34-21-28(27-9-15-32(16-10-27)42-18-17-41-7)20-29(26(34)4)22-36-23-33-24(2)19-25(3)37-35(33)40/h9-10,15-16,19-21,30-31,36H,8,11-14,17-18,22-23H2,1-7H3,(H,37,40). The van der Waals surface area contributed by atoms with Gasteiger partial charge in [-0.25, -0.2) is 0 Å². The number of aryl methyl sites for hydroxylation is 2. The molecular weight excluding hydrogens is 524 g/mol. The van der Waals surface area contributed by atoms with Gasteiger partial charge in [-0.15, -0.1) is 0 Å². The molecule has 1 fully saturated rings. The third-order valence-electron chi connectivity index (χ3n) is 8.83.